The molecule has 0 bridgehead atoms. The molecule has 4 nitrogen and oxygen atoms in total. The van der Waals surface area contributed by atoms with Gasteiger partial charge in [-0.3, -0.25) is 0 Å². The maximum absolute atomic E-state index is 13.0. The molecule has 0 saturated heterocycles. The molecule has 0 spiro atoms. The molecule has 1 atom stereocenters. The van der Waals surface area contributed by atoms with Crippen molar-refractivity contribution in [3.05, 3.63) is 28.5 Å². The zero-order valence-electron chi connectivity index (χ0n) is 11.0. The van der Waals surface area contributed by atoms with Crippen molar-refractivity contribution in [1.82, 2.24) is 4.72 Å². The lowest BCUT2D eigenvalue weighted by molar-refractivity contribution is 0.157. The van der Waals surface area contributed by atoms with Crippen molar-refractivity contribution in [3.8, 4) is 0 Å². The molecule has 1 rings (SSSR count). The third-order valence-corrected chi connectivity index (χ3v) is 5.11. The van der Waals surface area contributed by atoms with E-state index in [1.807, 2.05) is 13.8 Å². The normalized spacial score (nSPS) is 13.8. The van der Waals surface area contributed by atoms with Crippen molar-refractivity contribution in [3.63, 3.8) is 0 Å². The molecule has 108 valence electrons. The molecule has 0 aliphatic rings. The van der Waals surface area contributed by atoms with Gasteiger partial charge in [-0.1, -0.05) is 13.8 Å². The molecule has 19 heavy (non-hydrogen) atoms. The van der Waals surface area contributed by atoms with E-state index in [0.29, 0.717) is 0 Å². The predicted molar refractivity (Wildman–Crippen MR) is 74.9 cm³/mol. The van der Waals surface area contributed by atoms with E-state index in [-0.39, 0.29) is 27.9 Å². The van der Waals surface area contributed by atoms with Gasteiger partial charge in [0.2, 0.25) is 10.0 Å². The number of methoxy groups -OCH3 is 1. The molecule has 1 N–H and O–H groups in total. The van der Waals surface area contributed by atoms with Crippen molar-refractivity contribution in [1.29, 1.82) is 0 Å². The molecule has 0 heterocycles. The van der Waals surface area contributed by atoms with Gasteiger partial charge in [-0.2, -0.15) is 0 Å². The fraction of sp³-hybridized carbons (Fsp3) is 0.500. The van der Waals surface area contributed by atoms with Crippen LogP contribution < -0.4 is 4.72 Å². The summed E-state index contributed by atoms with van der Waals surface area (Å²) in [4.78, 5) is 0.00986. The Balaban J connectivity index is 3.03. The van der Waals surface area contributed by atoms with Gasteiger partial charge in [-0.05, 0) is 40.0 Å². The Morgan fingerprint density at radius 2 is 2.05 bits per heavy atom. The van der Waals surface area contributed by atoms with Gasteiger partial charge in [0.15, 0.2) is 0 Å². The van der Waals surface area contributed by atoms with E-state index in [9.17, 15) is 12.8 Å². The Morgan fingerprint density at radius 3 is 2.53 bits per heavy atom. The van der Waals surface area contributed by atoms with E-state index < -0.39 is 15.8 Å². The highest BCUT2D eigenvalue weighted by Gasteiger charge is 2.24. The van der Waals surface area contributed by atoms with Crippen molar-refractivity contribution in [2.45, 2.75) is 24.8 Å². The number of hydrogen-bond acceptors (Lipinski definition) is 3. The van der Waals surface area contributed by atoms with Gasteiger partial charge in [-0.15, -0.1) is 0 Å². The number of ether oxygens (including phenoxy) is 1. The second kappa shape index (κ2) is 6.78. The third-order valence-electron chi connectivity index (χ3n) is 2.64. The van der Waals surface area contributed by atoms with Crippen LogP contribution in [-0.4, -0.2) is 28.2 Å². The van der Waals surface area contributed by atoms with Gasteiger partial charge < -0.3 is 4.74 Å². The Labute approximate surface area is 121 Å². The molecule has 1 unspecified atom stereocenters. The van der Waals surface area contributed by atoms with Gasteiger partial charge >= 0.3 is 0 Å². The first-order valence-corrected chi connectivity index (χ1v) is 8.02. The second-order valence-electron chi connectivity index (χ2n) is 4.50. The highest BCUT2D eigenvalue weighted by molar-refractivity contribution is 9.10. The molecule has 0 amide bonds. The SMILES string of the molecule is COCC(NS(=O)(=O)c1ccc(F)cc1Br)C(C)C. The van der Waals surface area contributed by atoms with E-state index in [0.717, 1.165) is 12.1 Å². The lowest BCUT2D eigenvalue weighted by atomic mass is 10.1. The Bertz CT molecular complexity index is 534. The summed E-state index contributed by atoms with van der Waals surface area (Å²) in [6, 6.07) is 3.12. The zero-order chi connectivity index (χ0) is 14.6. The highest BCUT2D eigenvalue weighted by Crippen LogP contribution is 2.23. The number of sulfonamides is 1. The van der Waals surface area contributed by atoms with E-state index in [4.69, 9.17) is 4.74 Å². The van der Waals surface area contributed by atoms with Gasteiger partial charge in [0.1, 0.15) is 5.82 Å². The van der Waals surface area contributed by atoms with Gasteiger partial charge in [0, 0.05) is 17.6 Å². The van der Waals surface area contributed by atoms with Crippen LogP contribution in [-0.2, 0) is 14.8 Å². The molecule has 0 radical (unpaired) electrons. The standard InChI is InChI=1S/C12H17BrFNO3S/c1-8(2)11(7-18-3)15-19(16,17)12-5-4-9(14)6-10(12)13/h4-6,8,11,15H,7H2,1-3H3. The van der Waals surface area contributed by atoms with E-state index >= 15 is 0 Å². The van der Waals surface area contributed by atoms with Crippen LogP contribution >= 0.6 is 15.9 Å². The average Bonchev–Trinajstić information content (AvgIpc) is 2.27. The molecule has 0 aromatic heterocycles. The van der Waals surface area contributed by atoms with Crippen molar-refractivity contribution in [2.24, 2.45) is 5.92 Å². The monoisotopic (exact) mass is 353 g/mol. The summed E-state index contributed by atoms with van der Waals surface area (Å²) in [7, 11) is -2.21. The fourth-order valence-corrected chi connectivity index (χ4v) is 3.92. The van der Waals surface area contributed by atoms with Gasteiger partial charge in [0.05, 0.1) is 11.5 Å². The van der Waals surface area contributed by atoms with Crippen LogP contribution in [0.15, 0.2) is 27.6 Å². The largest absolute Gasteiger partial charge is 0.383 e. The van der Waals surface area contributed by atoms with Crippen LogP contribution in [0.5, 0.6) is 0 Å². The number of rotatable bonds is 6. The molecular weight excluding hydrogens is 337 g/mol. The molecule has 0 aliphatic carbocycles. The molecule has 7 heteroatoms. The van der Waals surface area contributed by atoms with Crippen LogP contribution in [0.4, 0.5) is 4.39 Å². The predicted octanol–water partition coefficient (Wildman–Crippen LogP) is 2.54. The molecule has 0 saturated carbocycles. The minimum Gasteiger partial charge on any atom is -0.383 e. The second-order valence-corrected chi connectivity index (χ2v) is 7.04. The lowest BCUT2D eigenvalue weighted by Crippen LogP contribution is -2.41. The number of nitrogens with one attached hydrogen (secondary N) is 1. The van der Waals surface area contributed by atoms with Crippen LogP contribution in [0.25, 0.3) is 0 Å². The maximum atomic E-state index is 13.0. The Hall–Kier alpha value is -0.500. The smallest absolute Gasteiger partial charge is 0.242 e. The summed E-state index contributed by atoms with van der Waals surface area (Å²) >= 11 is 3.06. The molecule has 0 aliphatic heterocycles. The number of benzene rings is 1. The first-order valence-electron chi connectivity index (χ1n) is 5.74. The topological polar surface area (TPSA) is 55.4 Å². The molecule has 1 aromatic rings. The highest BCUT2D eigenvalue weighted by atomic mass is 79.9. The number of hydrogen-bond donors (Lipinski definition) is 1. The van der Waals surface area contributed by atoms with Crippen LogP contribution in [0.2, 0.25) is 0 Å². The minimum absolute atomic E-state index is 0.00986. The van der Waals surface area contributed by atoms with Crippen LogP contribution in [0, 0.1) is 11.7 Å². The Kier molecular flexibility index (Phi) is 5.91. The van der Waals surface area contributed by atoms with Gasteiger partial charge in [0.25, 0.3) is 0 Å². The lowest BCUT2D eigenvalue weighted by Gasteiger charge is -2.21. The summed E-state index contributed by atoms with van der Waals surface area (Å²) in [5, 5.41) is 0. The van der Waals surface area contributed by atoms with E-state index in [1.165, 1.54) is 13.2 Å². The maximum Gasteiger partial charge on any atom is 0.242 e. The van der Waals surface area contributed by atoms with Crippen molar-refractivity contribution >= 4 is 26.0 Å². The average molecular weight is 354 g/mol. The van der Waals surface area contributed by atoms with Crippen molar-refractivity contribution < 1.29 is 17.5 Å². The first kappa shape index (κ1) is 16.6. The van der Waals surface area contributed by atoms with E-state index in [1.54, 1.807) is 0 Å². The summed E-state index contributed by atoms with van der Waals surface area (Å²) in [5.41, 5.74) is 0. The van der Waals surface area contributed by atoms with Crippen LogP contribution in [0.3, 0.4) is 0 Å². The quantitative estimate of drug-likeness (QED) is 0.854. The summed E-state index contributed by atoms with van der Waals surface area (Å²) in [6.07, 6.45) is 0. The summed E-state index contributed by atoms with van der Waals surface area (Å²) in [5.74, 6) is -0.419. The Morgan fingerprint density at radius 1 is 1.42 bits per heavy atom. The van der Waals surface area contributed by atoms with Crippen molar-refractivity contribution in [2.75, 3.05) is 13.7 Å². The molecule has 1 aromatic carbocycles. The fourth-order valence-electron chi connectivity index (χ4n) is 1.50. The minimum atomic E-state index is -3.72. The summed E-state index contributed by atoms with van der Waals surface area (Å²) in [6.45, 7) is 4.06. The zero-order valence-corrected chi connectivity index (χ0v) is 13.4. The molecular formula is C12H17BrFNO3S. The molecule has 0 fully saturated rings. The summed E-state index contributed by atoms with van der Waals surface area (Å²) < 4.78 is 45.2. The van der Waals surface area contributed by atoms with E-state index in [2.05, 4.69) is 20.7 Å². The third kappa shape index (κ3) is 4.52. The first-order chi connectivity index (χ1) is 8.77. The van der Waals surface area contributed by atoms with Gasteiger partial charge in [-0.25, -0.2) is 17.5 Å². The number of halogens is 2. The van der Waals surface area contributed by atoms with Crippen LogP contribution in [0.1, 0.15) is 13.8 Å².